The van der Waals surface area contributed by atoms with Gasteiger partial charge in [-0.3, -0.25) is 4.98 Å². The van der Waals surface area contributed by atoms with Crippen LogP contribution in [0.4, 0.5) is 5.69 Å². The van der Waals surface area contributed by atoms with Crippen LogP contribution >= 0.6 is 0 Å². The number of fused-ring (bicyclic) bond motifs is 2. The van der Waals surface area contributed by atoms with Crippen LogP contribution in [0, 0.1) is 0 Å². The number of aromatic nitrogens is 1. The third-order valence-corrected chi connectivity index (χ3v) is 6.86. The largest absolute Gasteiger partial charge is 0.507 e. The fraction of sp³-hybridized carbons (Fsp3) is 0.448. The van der Waals surface area contributed by atoms with Crippen LogP contribution in [0.15, 0.2) is 42.5 Å². The van der Waals surface area contributed by atoms with Gasteiger partial charge in [0.15, 0.2) is 0 Å². The number of phenolic OH excluding ortho intramolecular Hbond substituents is 1. The molecule has 34 heavy (non-hydrogen) atoms. The van der Waals surface area contributed by atoms with E-state index in [1.165, 1.54) is 67.6 Å². The molecule has 0 fully saturated rings. The second-order valence-corrected chi connectivity index (χ2v) is 9.24. The molecule has 2 N–H and O–H groups in total. The van der Waals surface area contributed by atoms with Gasteiger partial charge < -0.3 is 15.2 Å². The molecule has 0 bridgehead atoms. The van der Waals surface area contributed by atoms with Gasteiger partial charge >= 0.3 is 5.97 Å². The van der Waals surface area contributed by atoms with Crippen molar-refractivity contribution in [2.45, 2.75) is 70.6 Å². The van der Waals surface area contributed by atoms with Gasteiger partial charge in [-0.2, -0.15) is 0 Å². The lowest BCUT2D eigenvalue weighted by atomic mass is 9.92. The summed E-state index contributed by atoms with van der Waals surface area (Å²) in [5.74, 6) is -0.469. The summed E-state index contributed by atoms with van der Waals surface area (Å²) < 4.78 is 4.82. The van der Waals surface area contributed by atoms with E-state index in [2.05, 4.69) is 29.6 Å². The maximum Gasteiger partial charge on any atom is 0.341 e. The number of hydrogen-bond acceptors (Lipinski definition) is 5. The molecule has 4 rings (SSSR count). The highest BCUT2D eigenvalue weighted by Gasteiger charge is 2.18. The highest BCUT2D eigenvalue weighted by molar-refractivity contribution is 5.94. The Balaban J connectivity index is 1.20. The highest BCUT2D eigenvalue weighted by atomic mass is 16.5. The first-order chi connectivity index (χ1) is 16.7. The maximum atomic E-state index is 12.0. The lowest BCUT2D eigenvalue weighted by molar-refractivity contribution is 0.0596. The van der Waals surface area contributed by atoms with Gasteiger partial charge in [0.1, 0.15) is 11.3 Å². The van der Waals surface area contributed by atoms with Gasteiger partial charge in [-0.15, -0.1) is 0 Å². The molecule has 1 aromatic heterocycles. The number of carbonyl (C=O) groups excluding carboxylic acids is 1. The minimum absolute atomic E-state index is 0.0000849. The number of unbranched alkanes of at least 4 members (excludes halogenated alkanes) is 5. The van der Waals surface area contributed by atoms with Crippen molar-refractivity contribution in [3.63, 3.8) is 0 Å². The number of esters is 1. The van der Waals surface area contributed by atoms with E-state index in [-0.39, 0.29) is 5.75 Å². The molecule has 0 saturated carbocycles. The zero-order valence-electron chi connectivity index (χ0n) is 20.2. The van der Waals surface area contributed by atoms with E-state index in [4.69, 9.17) is 9.72 Å². The van der Waals surface area contributed by atoms with Crippen molar-refractivity contribution < 1.29 is 14.6 Å². The SMILES string of the molecule is COC(=O)c1c(O)cccc1CCCCCCCCNc1c2c(nc3ccccc13)CCCC2. The number of aryl methyl sites for hydroxylation is 2. The Morgan fingerprint density at radius 3 is 2.59 bits per heavy atom. The van der Waals surface area contributed by atoms with Gasteiger partial charge in [0.2, 0.25) is 0 Å². The molecular weight excluding hydrogens is 424 g/mol. The number of rotatable bonds is 11. The van der Waals surface area contributed by atoms with Crippen LogP contribution in [-0.4, -0.2) is 29.7 Å². The zero-order valence-corrected chi connectivity index (χ0v) is 20.2. The molecule has 0 spiro atoms. The van der Waals surface area contributed by atoms with E-state index in [0.29, 0.717) is 5.56 Å². The Hall–Kier alpha value is -3.08. The summed E-state index contributed by atoms with van der Waals surface area (Å²) >= 11 is 0. The average Bonchev–Trinajstić information content (AvgIpc) is 2.86. The number of aromatic hydroxyl groups is 1. The standard InChI is InChI=1S/C29H36N2O3/c1-34-29(33)27-21(14-12-19-26(27)32)13-6-4-2-3-5-11-20-30-28-22-15-7-9-17-24(22)31-25-18-10-8-16-23(25)28/h7,9,12,14-15,17,19,32H,2-6,8,10-11,13,16,18,20H2,1H3,(H,30,31). The molecule has 0 atom stereocenters. The predicted molar refractivity (Wildman–Crippen MR) is 138 cm³/mol. The van der Waals surface area contributed by atoms with Gasteiger partial charge in [0.25, 0.3) is 0 Å². The van der Waals surface area contributed by atoms with E-state index in [9.17, 15) is 9.90 Å². The number of pyridine rings is 1. The van der Waals surface area contributed by atoms with Gasteiger partial charge in [-0.05, 0) is 68.2 Å². The zero-order chi connectivity index (χ0) is 23.8. The molecule has 1 aliphatic rings. The first kappa shape index (κ1) is 24.1. The second kappa shape index (κ2) is 11.9. The molecule has 0 saturated heterocycles. The summed E-state index contributed by atoms with van der Waals surface area (Å²) in [6.45, 7) is 0.992. The maximum absolute atomic E-state index is 12.0. The molecule has 3 aromatic rings. The number of phenols is 1. The van der Waals surface area contributed by atoms with Crippen molar-refractivity contribution in [2.75, 3.05) is 19.0 Å². The van der Waals surface area contributed by atoms with Crippen LogP contribution < -0.4 is 5.32 Å². The van der Waals surface area contributed by atoms with E-state index in [1.807, 2.05) is 6.07 Å². The number of para-hydroxylation sites is 1. The fourth-order valence-electron chi connectivity index (χ4n) is 5.07. The third-order valence-electron chi connectivity index (χ3n) is 6.86. The Bertz CT molecular complexity index is 1130. The normalized spacial score (nSPS) is 13.0. The Morgan fingerprint density at radius 1 is 0.971 bits per heavy atom. The third kappa shape index (κ3) is 5.69. The van der Waals surface area contributed by atoms with Crippen LogP contribution in [0.2, 0.25) is 0 Å². The minimum atomic E-state index is -0.469. The number of ether oxygens (including phenoxy) is 1. The van der Waals surface area contributed by atoms with Crippen molar-refractivity contribution >= 4 is 22.6 Å². The topological polar surface area (TPSA) is 71.5 Å². The molecule has 1 aliphatic carbocycles. The van der Waals surface area contributed by atoms with Crippen LogP contribution in [0.5, 0.6) is 5.75 Å². The van der Waals surface area contributed by atoms with E-state index < -0.39 is 5.97 Å². The number of benzene rings is 2. The minimum Gasteiger partial charge on any atom is -0.507 e. The first-order valence-corrected chi connectivity index (χ1v) is 12.7. The van der Waals surface area contributed by atoms with Crippen molar-refractivity contribution in [2.24, 2.45) is 0 Å². The van der Waals surface area contributed by atoms with Crippen LogP contribution in [-0.2, 0) is 24.0 Å². The number of methoxy groups -OCH3 is 1. The molecule has 180 valence electrons. The molecule has 0 amide bonds. The molecular formula is C29H36N2O3. The summed E-state index contributed by atoms with van der Waals surface area (Å²) in [5.41, 5.74) is 6.31. The Kier molecular flexibility index (Phi) is 8.40. The predicted octanol–water partition coefficient (Wildman–Crippen LogP) is 6.60. The summed E-state index contributed by atoms with van der Waals surface area (Å²) in [4.78, 5) is 16.9. The smallest absolute Gasteiger partial charge is 0.341 e. The first-order valence-electron chi connectivity index (χ1n) is 12.7. The van der Waals surface area contributed by atoms with Gasteiger partial charge in [0.05, 0.1) is 12.6 Å². The van der Waals surface area contributed by atoms with E-state index >= 15 is 0 Å². The van der Waals surface area contributed by atoms with Crippen molar-refractivity contribution in [3.8, 4) is 5.75 Å². The quantitative estimate of drug-likeness (QED) is 0.249. The molecule has 5 heteroatoms. The van der Waals surface area contributed by atoms with Crippen molar-refractivity contribution in [3.05, 3.63) is 64.8 Å². The van der Waals surface area contributed by atoms with Crippen molar-refractivity contribution in [1.82, 2.24) is 4.98 Å². The summed E-state index contributed by atoms with van der Waals surface area (Å²) in [6.07, 6.45) is 12.4. The molecule has 2 aromatic carbocycles. The lowest BCUT2D eigenvalue weighted by Crippen LogP contribution is -2.12. The molecule has 0 radical (unpaired) electrons. The summed E-state index contributed by atoms with van der Waals surface area (Å²) in [5, 5.41) is 15.0. The van der Waals surface area contributed by atoms with E-state index in [0.717, 1.165) is 56.1 Å². The van der Waals surface area contributed by atoms with Crippen LogP contribution in [0.3, 0.4) is 0 Å². The molecule has 0 unspecified atom stereocenters. The molecule has 5 nitrogen and oxygen atoms in total. The van der Waals surface area contributed by atoms with Gasteiger partial charge in [-0.1, -0.05) is 56.0 Å². The average molecular weight is 461 g/mol. The second-order valence-electron chi connectivity index (χ2n) is 9.24. The number of nitrogens with one attached hydrogen (secondary N) is 1. The van der Waals surface area contributed by atoms with Crippen LogP contribution in [0.25, 0.3) is 10.9 Å². The number of carbonyl (C=O) groups is 1. The van der Waals surface area contributed by atoms with Crippen LogP contribution in [0.1, 0.15) is 78.5 Å². The number of hydrogen-bond donors (Lipinski definition) is 2. The van der Waals surface area contributed by atoms with E-state index in [1.54, 1.807) is 6.07 Å². The van der Waals surface area contributed by atoms with Crippen molar-refractivity contribution in [1.29, 1.82) is 0 Å². The van der Waals surface area contributed by atoms with Gasteiger partial charge in [-0.25, -0.2) is 4.79 Å². The monoisotopic (exact) mass is 460 g/mol. The Morgan fingerprint density at radius 2 is 1.74 bits per heavy atom. The number of anilines is 1. The van der Waals surface area contributed by atoms with Gasteiger partial charge in [0, 0.05) is 23.3 Å². The fourth-order valence-corrected chi connectivity index (χ4v) is 5.07. The summed E-state index contributed by atoms with van der Waals surface area (Å²) in [6, 6.07) is 13.7. The number of nitrogens with zero attached hydrogens (tertiary/aromatic N) is 1. The summed E-state index contributed by atoms with van der Waals surface area (Å²) in [7, 11) is 1.35. The molecule has 0 aliphatic heterocycles. The Labute approximate surface area is 202 Å². The highest BCUT2D eigenvalue weighted by Crippen LogP contribution is 2.33. The lowest BCUT2D eigenvalue weighted by Gasteiger charge is -2.21. The molecule has 1 heterocycles.